The van der Waals surface area contributed by atoms with Gasteiger partial charge in [0.2, 0.25) is 0 Å². The third-order valence-corrected chi connectivity index (χ3v) is 3.02. The molecular formula is C14H20N2O. The SMILES string of the molecule is CCNC(C)Cc1ccn2cccc(OC)c12. The van der Waals surface area contributed by atoms with Crippen LogP contribution in [0.4, 0.5) is 0 Å². The number of nitrogens with zero attached hydrogens (tertiary/aromatic N) is 1. The number of rotatable bonds is 5. The molecule has 2 rings (SSSR count). The predicted octanol–water partition coefficient (Wildman–Crippen LogP) is 2.49. The van der Waals surface area contributed by atoms with E-state index in [2.05, 4.69) is 42.0 Å². The van der Waals surface area contributed by atoms with Gasteiger partial charge in [0, 0.05) is 18.4 Å². The Morgan fingerprint density at radius 2 is 2.18 bits per heavy atom. The molecule has 1 N–H and O–H groups in total. The van der Waals surface area contributed by atoms with E-state index in [9.17, 15) is 0 Å². The van der Waals surface area contributed by atoms with Crippen molar-refractivity contribution in [3.63, 3.8) is 0 Å². The molecule has 2 aromatic heterocycles. The minimum absolute atomic E-state index is 0.483. The topological polar surface area (TPSA) is 25.7 Å². The fraction of sp³-hybridized carbons (Fsp3) is 0.429. The minimum atomic E-state index is 0.483. The molecule has 2 aromatic rings. The van der Waals surface area contributed by atoms with Gasteiger partial charge in [0.15, 0.2) is 0 Å². The zero-order valence-electron chi connectivity index (χ0n) is 10.7. The largest absolute Gasteiger partial charge is 0.495 e. The lowest BCUT2D eigenvalue weighted by Crippen LogP contribution is -2.27. The lowest BCUT2D eigenvalue weighted by atomic mass is 10.1. The lowest BCUT2D eigenvalue weighted by Gasteiger charge is -2.12. The molecule has 0 fully saturated rings. The molecule has 0 amide bonds. The highest BCUT2D eigenvalue weighted by Crippen LogP contribution is 2.24. The van der Waals surface area contributed by atoms with Crippen molar-refractivity contribution < 1.29 is 4.74 Å². The van der Waals surface area contributed by atoms with Crippen LogP contribution in [0.2, 0.25) is 0 Å². The normalized spacial score (nSPS) is 12.9. The van der Waals surface area contributed by atoms with Gasteiger partial charge in [0.05, 0.1) is 12.6 Å². The van der Waals surface area contributed by atoms with Gasteiger partial charge in [-0.15, -0.1) is 0 Å². The van der Waals surface area contributed by atoms with Crippen molar-refractivity contribution >= 4 is 5.52 Å². The summed E-state index contributed by atoms with van der Waals surface area (Å²) in [6.07, 6.45) is 5.16. The Kier molecular flexibility index (Phi) is 3.69. The molecule has 3 heteroatoms. The van der Waals surface area contributed by atoms with Crippen molar-refractivity contribution in [1.82, 2.24) is 9.72 Å². The number of likely N-dealkylation sites (N-methyl/N-ethyl adjacent to an activating group) is 1. The quantitative estimate of drug-likeness (QED) is 0.857. The number of methoxy groups -OCH3 is 1. The molecule has 0 saturated carbocycles. The van der Waals surface area contributed by atoms with E-state index in [1.54, 1.807) is 7.11 Å². The number of nitrogens with one attached hydrogen (secondary N) is 1. The molecule has 0 aliphatic rings. The van der Waals surface area contributed by atoms with Crippen LogP contribution in [-0.4, -0.2) is 24.1 Å². The zero-order valence-corrected chi connectivity index (χ0v) is 10.7. The van der Waals surface area contributed by atoms with Crippen LogP contribution in [-0.2, 0) is 6.42 Å². The molecule has 1 atom stereocenters. The average molecular weight is 232 g/mol. The van der Waals surface area contributed by atoms with Crippen LogP contribution in [0.1, 0.15) is 19.4 Å². The molecule has 1 unspecified atom stereocenters. The molecule has 0 aliphatic heterocycles. The summed E-state index contributed by atoms with van der Waals surface area (Å²) in [5.41, 5.74) is 2.51. The van der Waals surface area contributed by atoms with Crippen LogP contribution in [0.3, 0.4) is 0 Å². The monoisotopic (exact) mass is 232 g/mol. The summed E-state index contributed by atoms with van der Waals surface area (Å²) in [7, 11) is 1.72. The molecule has 0 saturated heterocycles. The number of hydrogen-bond donors (Lipinski definition) is 1. The van der Waals surface area contributed by atoms with Crippen molar-refractivity contribution in [2.75, 3.05) is 13.7 Å². The van der Waals surface area contributed by atoms with Crippen molar-refractivity contribution in [1.29, 1.82) is 0 Å². The second-order valence-corrected chi connectivity index (χ2v) is 4.34. The first-order valence-electron chi connectivity index (χ1n) is 6.12. The molecule has 0 spiro atoms. The Morgan fingerprint density at radius 3 is 2.88 bits per heavy atom. The maximum absolute atomic E-state index is 5.43. The first-order chi connectivity index (χ1) is 8.26. The van der Waals surface area contributed by atoms with Crippen molar-refractivity contribution in [2.45, 2.75) is 26.3 Å². The molecule has 0 radical (unpaired) electrons. The Bertz CT molecular complexity index is 490. The smallest absolute Gasteiger partial charge is 0.143 e. The maximum Gasteiger partial charge on any atom is 0.143 e. The average Bonchev–Trinajstić information content (AvgIpc) is 2.73. The summed E-state index contributed by atoms with van der Waals surface area (Å²) in [6, 6.07) is 6.67. The Morgan fingerprint density at radius 1 is 1.35 bits per heavy atom. The molecule has 2 heterocycles. The van der Waals surface area contributed by atoms with E-state index < -0.39 is 0 Å². The first-order valence-corrected chi connectivity index (χ1v) is 6.12. The molecule has 0 bridgehead atoms. The van der Waals surface area contributed by atoms with Gasteiger partial charge >= 0.3 is 0 Å². The minimum Gasteiger partial charge on any atom is -0.495 e. The highest BCUT2D eigenvalue weighted by Gasteiger charge is 2.10. The van der Waals surface area contributed by atoms with E-state index in [4.69, 9.17) is 4.74 Å². The Hall–Kier alpha value is -1.48. The van der Waals surface area contributed by atoms with Gasteiger partial charge in [0.1, 0.15) is 5.75 Å². The summed E-state index contributed by atoms with van der Waals surface area (Å²) >= 11 is 0. The standard InChI is InChI=1S/C14H20N2O/c1-4-15-11(2)10-12-7-9-16-8-5-6-13(17-3)14(12)16/h5-9,11,15H,4,10H2,1-3H3. The van der Waals surface area contributed by atoms with Crippen LogP contribution in [0.5, 0.6) is 5.75 Å². The van der Waals surface area contributed by atoms with E-state index >= 15 is 0 Å². The Labute approximate surface area is 102 Å². The second-order valence-electron chi connectivity index (χ2n) is 4.34. The maximum atomic E-state index is 5.43. The lowest BCUT2D eigenvalue weighted by molar-refractivity contribution is 0.417. The van der Waals surface area contributed by atoms with Crippen LogP contribution < -0.4 is 10.1 Å². The number of ether oxygens (including phenoxy) is 1. The summed E-state index contributed by atoms with van der Waals surface area (Å²) in [6.45, 7) is 5.35. The number of hydrogen-bond acceptors (Lipinski definition) is 2. The highest BCUT2D eigenvalue weighted by molar-refractivity contribution is 5.66. The molecule has 0 aliphatic carbocycles. The zero-order chi connectivity index (χ0) is 12.3. The summed E-state index contributed by atoms with van der Waals surface area (Å²) in [4.78, 5) is 0. The van der Waals surface area contributed by atoms with Crippen molar-refractivity contribution in [3.8, 4) is 5.75 Å². The summed E-state index contributed by atoms with van der Waals surface area (Å²) in [5.74, 6) is 0.941. The van der Waals surface area contributed by atoms with E-state index in [-0.39, 0.29) is 0 Å². The van der Waals surface area contributed by atoms with Crippen molar-refractivity contribution in [2.24, 2.45) is 0 Å². The van der Waals surface area contributed by atoms with Gasteiger partial charge in [-0.1, -0.05) is 6.92 Å². The summed E-state index contributed by atoms with van der Waals surface area (Å²) < 4.78 is 7.54. The van der Waals surface area contributed by atoms with E-state index in [1.807, 2.05) is 12.1 Å². The highest BCUT2D eigenvalue weighted by atomic mass is 16.5. The van der Waals surface area contributed by atoms with Gasteiger partial charge < -0.3 is 14.5 Å². The molecule has 0 aromatic carbocycles. The van der Waals surface area contributed by atoms with Gasteiger partial charge in [-0.2, -0.15) is 0 Å². The molecule has 92 valence electrons. The summed E-state index contributed by atoms with van der Waals surface area (Å²) in [5, 5.41) is 3.44. The third-order valence-electron chi connectivity index (χ3n) is 3.02. The van der Waals surface area contributed by atoms with Gasteiger partial charge in [-0.25, -0.2) is 0 Å². The fourth-order valence-corrected chi connectivity index (χ4v) is 2.28. The number of pyridine rings is 1. The van der Waals surface area contributed by atoms with Gasteiger partial charge in [-0.05, 0) is 43.7 Å². The fourth-order valence-electron chi connectivity index (χ4n) is 2.28. The van der Waals surface area contributed by atoms with Gasteiger partial charge in [-0.3, -0.25) is 0 Å². The number of aromatic nitrogens is 1. The van der Waals surface area contributed by atoms with E-state index in [0.717, 1.165) is 18.7 Å². The molecular weight excluding hydrogens is 212 g/mol. The third kappa shape index (κ3) is 2.44. The van der Waals surface area contributed by atoms with Gasteiger partial charge in [0.25, 0.3) is 0 Å². The van der Waals surface area contributed by atoms with E-state index in [0.29, 0.717) is 6.04 Å². The molecule has 17 heavy (non-hydrogen) atoms. The van der Waals surface area contributed by atoms with Crippen LogP contribution >= 0.6 is 0 Å². The molecule has 3 nitrogen and oxygen atoms in total. The van der Waals surface area contributed by atoms with E-state index in [1.165, 1.54) is 11.1 Å². The van der Waals surface area contributed by atoms with Crippen molar-refractivity contribution in [3.05, 3.63) is 36.2 Å². The predicted molar refractivity (Wildman–Crippen MR) is 70.8 cm³/mol. The van der Waals surface area contributed by atoms with Crippen LogP contribution in [0.25, 0.3) is 5.52 Å². The first kappa shape index (κ1) is 12.0. The Balaban J connectivity index is 2.34. The second kappa shape index (κ2) is 5.23. The number of fused-ring (bicyclic) bond motifs is 1. The van der Waals surface area contributed by atoms with Crippen LogP contribution in [0.15, 0.2) is 30.6 Å². The van der Waals surface area contributed by atoms with Crippen LogP contribution in [0, 0.1) is 0 Å².